The maximum absolute atomic E-state index is 12.7. The van der Waals surface area contributed by atoms with E-state index in [-0.39, 0.29) is 24.2 Å². The predicted molar refractivity (Wildman–Crippen MR) is 94.0 cm³/mol. The fraction of sp³-hybridized carbons (Fsp3) is 0.812. The molecule has 0 saturated carbocycles. The van der Waals surface area contributed by atoms with E-state index in [0.717, 1.165) is 6.08 Å². The molecule has 34 heavy (non-hydrogen) atoms. The summed E-state index contributed by atoms with van der Waals surface area (Å²) in [5, 5.41) is 0. The van der Waals surface area contributed by atoms with Gasteiger partial charge in [0.1, 0.15) is 26.3 Å². The lowest BCUT2D eigenvalue weighted by atomic mass is 10.0. The Labute approximate surface area is 188 Å². The molecule has 0 aliphatic carbocycles. The Kier molecular flexibility index (Phi) is 11.5. The van der Waals surface area contributed by atoms with E-state index in [1.807, 2.05) is 0 Å². The van der Waals surface area contributed by atoms with Gasteiger partial charge < -0.3 is 27.9 Å². The van der Waals surface area contributed by atoms with E-state index in [1.54, 1.807) is 14.1 Å². The average Bonchev–Trinajstić information content (AvgIpc) is 2.60. The van der Waals surface area contributed by atoms with Crippen LogP contribution in [0, 0.1) is 0 Å². The molecule has 1 unspecified atom stereocenters. The van der Waals surface area contributed by atoms with Gasteiger partial charge in [-0.3, -0.25) is 4.57 Å². The molecule has 0 radical (unpaired) electrons. The minimum Gasteiger partial charge on any atom is -0.756 e. The molecule has 0 heterocycles. The van der Waals surface area contributed by atoms with E-state index >= 15 is 0 Å². The number of carbonyl (C=O) groups excluding carboxylic acids is 1. The molecule has 0 amide bonds. The van der Waals surface area contributed by atoms with Crippen molar-refractivity contribution >= 4 is 13.8 Å². The summed E-state index contributed by atoms with van der Waals surface area (Å²) in [6.45, 7) is 0.0733. The number of halogens is 9. The molecule has 0 bridgehead atoms. The van der Waals surface area contributed by atoms with Crippen LogP contribution in [0.3, 0.4) is 0 Å². The smallest absolute Gasteiger partial charge is 0.435 e. The highest BCUT2D eigenvalue weighted by Crippen LogP contribution is 2.54. The van der Waals surface area contributed by atoms with Gasteiger partial charge in [-0.15, -0.1) is 0 Å². The topological polar surface area (TPSA) is 94.1 Å². The van der Waals surface area contributed by atoms with Crippen LogP contribution in [-0.4, -0.2) is 88.2 Å². The van der Waals surface area contributed by atoms with Gasteiger partial charge in [0.25, 0.3) is 7.82 Å². The number of hydrogen-bond donors (Lipinski definition) is 0. The number of likely N-dealkylation sites (N-methyl/N-ethyl adjacent to an activating group) is 1. The number of phosphoric ester groups is 1. The lowest BCUT2D eigenvalue weighted by Crippen LogP contribution is -2.67. The normalized spacial score (nSPS) is 15.6. The zero-order valence-corrected chi connectivity index (χ0v) is 18.8. The van der Waals surface area contributed by atoms with E-state index in [9.17, 15) is 53.8 Å². The van der Waals surface area contributed by atoms with E-state index < -0.39 is 64.2 Å². The number of esters is 1. The van der Waals surface area contributed by atoms with Crippen LogP contribution in [-0.2, 0) is 27.9 Å². The van der Waals surface area contributed by atoms with Crippen molar-refractivity contribution in [3.05, 3.63) is 12.7 Å². The van der Waals surface area contributed by atoms with Gasteiger partial charge in [0, 0.05) is 6.08 Å². The molecule has 0 spiro atoms. The first kappa shape index (κ1) is 32.6. The highest BCUT2D eigenvalue weighted by Gasteiger charge is 2.85. The Bertz CT molecular complexity index is 687. The van der Waals surface area contributed by atoms with Crippen LogP contribution in [0.25, 0.3) is 0 Å². The summed E-state index contributed by atoms with van der Waals surface area (Å²) in [4.78, 5) is 22.6. The summed E-state index contributed by atoms with van der Waals surface area (Å²) in [7, 11) is -1.85. The van der Waals surface area contributed by atoms with Crippen molar-refractivity contribution in [2.45, 2.75) is 30.6 Å². The van der Waals surface area contributed by atoms with Crippen LogP contribution in [0.15, 0.2) is 12.7 Å². The Morgan fingerprint density at radius 2 is 1.32 bits per heavy atom. The first-order chi connectivity index (χ1) is 15.1. The summed E-state index contributed by atoms with van der Waals surface area (Å²) < 4.78 is 143. The Balaban J connectivity index is 4.69. The monoisotopic (exact) mass is 543 g/mol. The number of rotatable bonds is 14. The SMILES string of the molecule is C=CC(=O)OCC[N+](C)(C)CCOP(=O)([O-])OCCCOC(C(F)(F)F)(C(F)(F)F)C(F)(F)F. The van der Waals surface area contributed by atoms with Crippen molar-refractivity contribution in [1.82, 2.24) is 0 Å². The molecule has 202 valence electrons. The van der Waals surface area contributed by atoms with Crippen molar-refractivity contribution < 1.29 is 76.8 Å². The van der Waals surface area contributed by atoms with Crippen LogP contribution >= 0.6 is 7.82 Å². The van der Waals surface area contributed by atoms with E-state index in [2.05, 4.69) is 20.4 Å². The maximum atomic E-state index is 12.7. The molecule has 18 heteroatoms. The molecule has 1 atom stereocenters. The fourth-order valence-corrected chi connectivity index (χ4v) is 2.92. The number of hydrogen-bond acceptors (Lipinski definition) is 7. The molecule has 0 aromatic rings. The molecule has 8 nitrogen and oxygen atoms in total. The van der Waals surface area contributed by atoms with Crippen LogP contribution in [0.1, 0.15) is 6.42 Å². The second-order valence-corrected chi connectivity index (χ2v) is 8.66. The van der Waals surface area contributed by atoms with E-state index in [1.165, 1.54) is 0 Å². The first-order valence-electron chi connectivity index (χ1n) is 9.17. The van der Waals surface area contributed by atoms with Gasteiger partial charge in [0.15, 0.2) is 0 Å². The van der Waals surface area contributed by atoms with Gasteiger partial charge in [-0.1, -0.05) is 6.58 Å². The van der Waals surface area contributed by atoms with Gasteiger partial charge >= 0.3 is 30.1 Å². The Morgan fingerprint density at radius 1 is 0.882 bits per heavy atom. The lowest BCUT2D eigenvalue weighted by Gasteiger charge is -2.38. The quantitative estimate of drug-likeness (QED) is 0.0830. The molecule has 0 aliphatic heterocycles. The molecule has 0 aromatic heterocycles. The van der Waals surface area contributed by atoms with Gasteiger partial charge in [0.05, 0.1) is 27.3 Å². The zero-order valence-electron chi connectivity index (χ0n) is 17.9. The largest absolute Gasteiger partial charge is 0.756 e. The Morgan fingerprint density at radius 3 is 1.76 bits per heavy atom. The predicted octanol–water partition coefficient (Wildman–Crippen LogP) is 3.13. The maximum Gasteiger partial charge on any atom is 0.435 e. The minimum absolute atomic E-state index is 0.0291. The summed E-state index contributed by atoms with van der Waals surface area (Å²) in [6.07, 6.45) is -20.8. The lowest BCUT2D eigenvalue weighted by molar-refractivity contribution is -0.890. The summed E-state index contributed by atoms with van der Waals surface area (Å²) in [5.41, 5.74) is -6.45. The molecule has 0 N–H and O–H groups in total. The van der Waals surface area contributed by atoms with E-state index in [4.69, 9.17) is 4.74 Å². The highest BCUT2D eigenvalue weighted by molar-refractivity contribution is 7.45. The number of alkyl halides is 9. The number of quaternary nitrogens is 1. The van der Waals surface area contributed by atoms with Crippen LogP contribution in [0.5, 0.6) is 0 Å². The minimum atomic E-state index is -6.89. The molecule has 0 aromatic carbocycles. The van der Waals surface area contributed by atoms with Gasteiger partial charge in [-0.05, 0) is 6.42 Å². The standard InChI is InChI=1S/C16H23F9NO7P/c1-4-12(27)30-10-6-26(2,3)7-11-33-34(28,29)32-9-5-8-31-13(14(17,18)19,15(20,21)22)16(23,24)25/h4H,1,5-11H2,2-3H3. The van der Waals surface area contributed by atoms with Gasteiger partial charge in [0.2, 0.25) is 0 Å². The molecule has 0 aliphatic rings. The van der Waals surface area contributed by atoms with Crippen molar-refractivity contribution in [2.75, 3.05) is 53.6 Å². The van der Waals surface area contributed by atoms with Gasteiger partial charge in [-0.2, -0.15) is 39.5 Å². The molecule has 0 saturated heterocycles. The third-order valence-corrected chi connectivity index (χ3v) is 5.11. The number of phosphoric acid groups is 1. The third-order valence-electron chi connectivity index (χ3n) is 4.11. The summed E-state index contributed by atoms with van der Waals surface area (Å²) in [6, 6.07) is 0. The van der Waals surface area contributed by atoms with E-state index in [0.29, 0.717) is 0 Å². The molecule has 0 rings (SSSR count). The third kappa shape index (κ3) is 9.70. The van der Waals surface area contributed by atoms with Crippen molar-refractivity contribution in [3.63, 3.8) is 0 Å². The fourth-order valence-electron chi connectivity index (χ4n) is 2.19. The highest BCUT2D eigenvalue weighted by atomic mass is 31.2. The summed E-state index contributed by atoms with van der Waals surface area (Å²) >= 11 is 0. The molecule has 0 fully saturated rings. The number of carbonyl (C=O) groups is 1. The number of nitrogens with zero attached hydrogens (tertiary/aromatic N) is 1. The average molecular weight is 543 g/mol. The van der Waals surface area contributed by atoms with Crippen molar-refractivity contribution in [1.29, 1.82) is 0 Å². The second-order valence-electron chi connectivity index (χ2n) is 7.24. The second kappa shape index (κ2) is 12.0. The zero-order chi connectivity index (χ0) is 27.1. The Hall–Kier alpha value is -1.39. The molecular weight excluding hydrogens is 520 g/mol. The van der Waals surface area contributed by atoms with Crippen LogP contribution < -0.4 is 4.89 Å². The molecular formula is C16H23F9NO7P. The van der Waals surface area contributed by atoms with Crippen LogP contribution in [0.2, 0.25) is 0 Å². The summed E-state index contributed by atoms with van der Waals surface area (Å²) in [5.74, 6) is -0.671. The van der Waals surface area contributed by atoms with Crippen LogP contribution in [0.4, 0.5) is 39.5 Å². The van der Waals surface area contributed by atoms with Crippen molar-refractivity contribution in [2.24, 2.45) is 0 Å². The first-order valence-corrected chi connectivity index (χ1v) is 10.6. The number of ether oxygens (including phenoxy) is 2. The van der Waals surface area contributed by atoms with Crippen molar-refractivity contribution in [3.8, 4) is 0 Å². The van der Waals surface area contributed by atoms with Gasteiger partial charge in [-0.25, -0.2) is 4.79 Å².